The SMILES string of the molecule is O=C(NCc1cccc(NC(=O)c2cc(Cl)c(O)c(Cl)c2)c1OC(F)(F)F)c1ccncc1. The van der Waals surface area contributed by atoms with E-state index in [1.807, 2.05) is 0 Å². The molecule has 0 bridgehead atoms. The van der Waals surface area contributed by atoms with E-state index >= 15 is 0 Å². The number of rotatable bonds is 6. The number of para-hydroxylation sites is 1. The van der Waals surface area contributed by atoms with E-state index in [4.69, 9.17) is 23.2 Å². The topological polar surface area (TPSA) is 101 Å². The molecular formula is C21H14Cl2F3N3O4. The van der Waals surface area contributed by atoms with Gasteiger partial charge in [-0.25, -0.2) is 0 Å². The zero-order valence-electron chi connectivity index (χ0n) is 16.4. The lowest BCUT2D eigenvalue weighted by atomic mass is 10.1. The normalized spacial score (nSPS) is 11.1. The Kier molecular flexibility index (Phi) is 7.29. The zero-order valence-corrected chi connectivity index (χ0v) is 17.9. The predicted molar refractivity (Wildman–Crippen MR) is 115 cm³/mol. The number of hydrogen-bond donors (Lipinski definition) is 3. The second-order valence-corrected chi connectivity index (χ2v) is 7.32. The maximum atomic E-state index is 13.1. The summed E-state index contributed by atoms with van der Waals surface area (Å²) in [5.41, 5.74) is -0.214. The number of hydrogen-bond acceptors (Lipinski definition) is 5. The molecule has 2 amide bonds. The summed E-state index contributed by atoms with van der Waals surface area (Å²) in [6.45, 7) is -0.326. The van der Waals surface area contributed by atoms with Crippen molar-refractivity contribution in [1.82, 2.24) is 10.3 Å². The maximum Gasteiger partial charge on any atom is 0.573 e. The Bertz CT molecular complexity index is 1170. The first-order valence-electron chi connectivity index (χ1n) is 9.10. The van der Waals surface area contributed by atoms with Gasteiger partial charge in [-0.1, -0.05) is 35.3 Å². The van der Waals surface area contributed by atoms with E-state index in [0.717, 1.165) is 12.1 Å². The monoisotopic (exact) mass is 499 g/mol. The number of carbonyl (C=O) groups excluding carboxylic acids is 2. The maximum absolute atomic E-state index is 13.1. The van der Waals surface area contributed by atoms with Crippen LogP contribution in [-0.4, -0.2) is 28.3 Å². The summed E-state index contributed by atoms with van der Waals surface area (Å²) in [5.74, 6) is -2.55. The van der Waals surface area contributed by atoms with Crippen LogP contribution in [0.3, 0.4) is 0 Å². The van der Waals surface area contributed by atoms with E-state index in [1.54, 1.807) is 0 Å². The second kappa shape index (κ2) is 9.97. The minimum absolute atomic E-state index is 0.0469. The minimum Gasteiger partial charge on any atom is -0.505 e. The van der Waals surface area contributed by atoms with Crippen LogP contribution in [0, 0.1) is 0 Å². The van der Waals surface area contributed by atoms with Gasteiger partial charge >= 0.3 is 6.36 Å². The molecule has 0 unspecified atom stereocenters. The number of alkyl halides is 3. The number of nitrogens with zero attached hydrogens (tertiary/aromatic N) is 1. The number of phenols is 1. The number of aromatic nitrogens is 1. The van der Waals surface area contributed by atoms with E-state index in [2.05, 4.69) is 20.4 Å². The van der Waals surface area contributed by atoms with Crippen molar-refractivity contribution < 1.29 is 32.6 Å². The lowest BCUT2D eigenvalue weighted by Gasteiger charge is -2.18. The van der Waals surface area contributed by atoms with Crippen LogP contribution in [0.25, 0.3) is 0 Å². The highest BCUT2D eigenvalue weighted by molar-refractivity contribution is 6.37. The molecule has 0 fully saturated rings. The van der Waals surface area contributed by atoms with E-state index in [9.17, 15) is 27.9 Å². The minimum atomic E-state index is -5.07. The summed E-state index contributed by atoms with van der Waals surface area (Å²) >= 11 is 11.6. The molecule has 2 aromatic carbocycles. The molecule has 0 aliphatic heterocycles. The van der Waals surface area contributed by atoms with Gasteiger partial charge in [-0.2, -0.15) is 0 Å². The molecule has 33 heavy (non-hydrogen) atoms. The molecule has 3 rings (SSSR count). The number of benzene rings is 2. The van der Waals surface area contributed by atoms with E-state index in [0.29, 0.717) is 0 Å². The van der Waals surface area contributed by atoms with Crippen molar-refractivity contribution >= 4 is 40.7 Å². The number of aromatic hydroxyl groups is 1. The number of halogens is 5. The van der Waals surface area contributed by atoms with Crippen molar-refractivity contribution in [3.63, 3.8) is 0 Å². The average Bonchev–Trinajstić information content (AvgIpc) is 2.76. The number of ether oxygens (including phenoxy) is 1. The Morgan fingerprint density at radius 2 is 1.64 bits per heavy atom. The van der Waals surface area contributed by atoms with Gasteiger partial charge in [0, 0.05) is 35.6 Å². The molecule has 0 saturated carbocycles. The summed E-state index contributed by atoms with van der Waals surface area (Å²) in [6.07, 6.45) is -2.29. The Balaban J connectivity index is 1.88. The van der Waals surface area contributed by atoms with E-state index in [1.165, 1.54) is 42.7 Å². The Labute approximate surface area is 195 Å². The van der Waals surface area contributed by atoms with Crippen LogP contribution < -0.4 is 15.4 Å². The molecule has 0 spiro atoms. The lowest BCUT2D eigenvalue weighted by molar-refractivity contribution is -0.274. The first-order valence-corrected chi connectivity index (χ1v) is 9.86. The molecule has 1 heterocycles. The van der Waals surface area contributed by atoms with Crippen LogP contribution in [0.5, 0.6) is 11.5 Å². The third-order valence-corrected chi connectivity index (χ3v) is 4.80. The summed E-state index contributed by atoms with van der Waals surface area (Å²) in [5, 5.41) is 14.0. The van der Waals surface area contributed by atoms with E-state index in [-0.39, 0.29) is 39.0 Å². The van der Waals surface area contributed by atoms with Gasteiger partial charge in [0.05, 0.1) is 15.7 Å². The molecule has 0 atom stereocenters. The van der Waals surface area contributed by atoms with Crippen LogP contribution in [0.1, 0.15) is 26.3 Å². The third-order valence-electron chi connectivity index (χ3n) is 4.22. The summed E-state index contributed by atoms with van der Waals surface area (Å²) in [4.78, 5) is 28.6. The Hall–Kier alpha value is -3.50. The average molecular weight is 500 g/mol. The van der Waals surface area contributed by atoms with Crippen LogP contribution >= 0.6 is 23.2 Å². The number of nitrogens with one attached hydrogen (secondary N) is 2. The fourth-order valence-electron chi connectivity index (χ4n) is 2.73. The first-order chi connectivity index (χ1) is 15.5. The molecule has 0 aliphatic rings. The standard InChI is InChI=1S/C21H14Cl2F3N3O4/c22-14-8-13(9-15(23)17(14)30)20(32)29-16-3-1-2-12(18(16)33-21(24,25)26)10-28-19(31)11-4-6-27-7-5-11/h1-9,30H,10H2,(H,28,31)(H,29,32). The van der Waals surface area contributed by atoms with Crippen LogP contribution in [0.15, 0.2) is 54.9 Å². The van der Waals surface area contributed by atoms with Gasteiger partial charge in [-0.3, -0.25) is 14.6 Å². The molecule has 7 nitrogen and oxygen atoms in total. The van der Waals surface area contributed by atoms with Gasteiger partial charge in [-0.05, 0) is 30.3 Å². The van der Waals surface area contributed by atoms with E-state index < -0.39 is 29.7 Å². The number of pyridine rings is 1. The first kappa shape index (κ1) is 24.1. The molecular weight excluding hydrogens is 486 g/mol. The highest BCUT2D eigenvalue weighted by Crippen LogP contribution is 2.36. The van der Waals surface area contributed by atoms with Gasteiger partial charge in [0.15, 0.2) is 11.5 Å². The second-order valence-electron chi connectivity index (χ2n) is 6.50. The number of anilines is 1. The van der Waals surface area contributed by atoms with Crippen LogP contribution in [0.2, 0.25) is 10.0 Å². The number of amides is 2. The molecule has 12 heteroatoms. The third kappa shape index (κ3) is 6.27. The van der Waals surface area contributed by atoms with Gasteiger partial charge in [0.2, 0.25) is 0 Å². The fraction of sp³-hybridized carbons (Fsp3) is 0.0952. The van der Waals surface area contributed by atoms with Crippen molar-refractivity contribution in [3.05, 3.63) is 81.6 Å². The quantitative estimate of drug-likeness (QED) is 0.434. The molecule has 1 aromatic heterocycles. The highest BCUT2D eigenvalue weighted by atomic mass is 35.5. The molecule has 0 radical (unpaired) electrons. The predicted octanol–water partition coefficient (Wildman–Crippen LogP) is 5.17. The molecule has 0 aliphatic carbocycles. The van der Waals surface area contributed by atoms with Crippen molar-refractivity contribution in [2.24, 2.45) is 0 Å². The molecule has 3 aromatic rings. The molecule has 0 saturated heterocycles. The van der Waals surface area contributed by atoms with Gasteiger partial charge < -0.3 is 20.5 Å². The Morgan fingerprint density at radius 1 is 1.00 bits per heavy atom. The summed E-state index contributed by atoms with van der Waals surface area (Å²) in [6, 6.07) is 8.95. The van der Waals surface area contributed by atoms with Crippen LogP contribution in [0.4, 0.5) is 18.9 Å². The fourth-order valence-corrected chi connectivity index (χ4v) is 3.22. The largest absolute Gasteiger partial charge is 0.573 e. The van der Waals surface area contributed by atoms with Crippen molar-refractivity contribution in [2.75, 3.05) is 5.32 Å². The molecule has 3 N–H and O–H groups in total. The van der Waals surface area contributed by atoms with Crippen LogP contribution in [-0.2, 0) is 6.54 Å². The lowest BCUT2D eigenvalue weighted by Crippen LogP contribution is -2.25. The van der Waals surface area contributed by atoms with Gasteiger partial charge in [0.25, 0.3) is 11.8 Å². The summed E-state index contributed by atoms with van der Waals surface area (Å²) < 4.78 is 43.4. The van der Waals surface area contributed by atoms with Gasteiger partial charge in [-0.15, -0.1) is 13.2 Å². The highest BCUT2D eigenvalue weighted by Gasteiger charge is 2.33. The summed E-state index contributed by atoms with van der Waals surface area (Å²) in [7, 11) is 0. The number of carbonyl (C=O) groups is 2. The van der Waals surface area contributed by atoms with Crippen molar-refractivity contribution in [2.45, 2.75) is 12.9 Å². The molecule has 172 valence electrons. The smallest absolute Gasteiger partial charge is 0.505 e. The van der Waals surface area contributed by atoms with Crippen molar-refractivity contribution in [1.29, 1.82) is 0 Å². The number of phenolic OH excluding ortho intramolecular Hbond substituents is 1. The van der Waals surface area contributed by atoms with Gasteiger partial charge in [0.1, 0.15) is 0 Å². The Morgan fingerprint density at radius 3 is 2.24 bits per heavy atom. The van der Waals surface area contributed by atoms with Crippen molar-refractivity contribution in [3.8, 4) is 11.5 Å². The zero-order chi connectivity index (χ0) is 24.2.